The van der Waals surface area contributed by atoms with Crippen LogP contribution in [-0.4, -0.2) is 19.5 Å². The van der Waals surface area contributed by atoms with Crippen molar-refractivity contribution < 1.29 is 4.42 Å². The maximum Gasteiger partial charge on any atom is 0.209 e. The number of halogens is 1. The topological polar surface area (TPSA) is 56.7 Å². The highest BCUT2D eigenvalue weighted by molar-refractivity contribution is 6.28. The van der Waals surface area contributed by atoms with Crippen LogP contribution in [-0.2, 0) is 0 Å². The molecule has 0 amide bonds. The molecule has 4 heterocycles. The molecule has 0 atom stereocenters. The van der Waals surface area contributed by atoms with Crippen LogP contribution >= 0.6 is 11.6 Å². The van der Waals surface area contributed by atoms with Crippen LogP contribution in [0.4, 0.5) is 0 Å². The molecule has 0 aliphatic rings. The zero-order valence-corrected chi connectivity index (χ0v) is 11.5. The lowest BCUT2D eigenvalue weighted by molar-refractivity contribution is 0.544. The summed E-state index contributed by atoms with van der Waals surface area (Å²) in [4.78, 5) is 13.3. The van der Waals surface area contributed by atoms with Gasteiger partial charge in [-0.05, 0) is 41.9 Å². The molecule has 0 aliphatic carbocycles. The Bertz CT molecular complexity index is 914. The highest BCUT2D eigenvalue weighted by Crippen LogP contribution is 2.28. The van der Waals surface area contributed by atoms with Crippen LogP contribution in [0.3, 0.4) is 0 Å². The first-order valence-electron chi connectivity index (χ1n) is 6.33. The van der Waals surface area contributed by atoms with Gasteiger partial charge in [0.25, 0.3) is 0 Å². The number of aromatic nitrogens is 4. The van der Waals surface area contributed by atoms with Crippen LogP contribution in [0.15, 0.2) is 59.3 Å². The van der Waals surface area contributed by atoms with E-state index in [1.54, 1.807) is 24.5 Å². The van der Waals surface area contributed by atoms with Crippen LogP contribution in [0.5, 0.6) is 0 Å². The Kier molecular flexibility index (Phi) is 2.72. The minimum Gasteiger partial charge on any atom is -0.428 e. The predicted octanol–water partition coefficient (Wildman–Crippen LogP) is 3.73. The molecule has 0 spiro atoms. The molecule has 0 saturated heterocycles. The maximum absolute atomic E-state index is 5.89. The van der Waals surface area contributed by atoms with Gasteiger partial charge in [0.15, 0.2) is 16.7 Å². The Labute approximate surface area is 124 Å². The highest BCUT2D eigenvalue weighted by Gasteiger charge is 2.17. The number of imidazole rings is 1. The Morgan fingerprint density at radius 3 is 2.62 bits per heavy atom. The lowest BCUT2D eigenvalue weighted by Gasteiger charge is -2.04. The monoisotopic (exact) mass is 296 g/mol. The summed E-state index contributed by atoms with van der Waals surface area (Å²) in [6.07, 6.45) is 3.44. The van der Waals surface area contributed by atoms with Crippen molar-refractivity contribution in [2.24, 2.45) is 0 Å². The highest BCUT2D eigenvalue weighted by atomic mass is 35.5. The second-order valence-electron chi connectivity index (χ2n) is 4.41. The second-order valence-corrected chi connectivity index (χ2v) is 4.78. The van der Waals surface area contributed by atoms with Gasteiger partial charge in [0, 0.05) is 18.5 Å². The summed E-state index contributed by atoms with van der Waals surface area (Å²) < 4.78 is 7.33. The minimum atomic E-state index is 0.315. The summed E-state index contributed by atoms with van der Waals surface area (Å²) in [6.45, 7) is 0. The summed E-state index contributed by atoms with van der Waals surface area (Å²) in [5.41, 5.74) is 2.21. The maximum atomic E-state index is 5.89. The molecule has 0 bridgehead atoms. The van der Waals surface area contributed by atoms with E-state index >= 15 is 0 Å². The molecule has 0 N–H and O–H groups in total. The van der Waals surface area contributed by atoms with E-state index in [4.69, 9.17) is 16.0 Å². The molecule has 0 saturated carbocycles. The Balaban J connectivity index is 2.06. The standard InChI is InChI=1S/C15H9ClN4O/c16-12-6-7-13(21-12)20-14-11(5-3-9-18-14)19-15(20)10-4-1-2-8-17-10/h1-9H. The fourth-order valence-electron chi connectivity index (χ4n) is 2.21. The fraction of sp³-hybridized carbons (Fsp3) is 0. The molecule has 21 heavy (non-hydrogen) atoms. The molecule has 102 valence electrons. The van der Waals surface area contributed by atoms with Crippen molar-refractivity contribution in [1.82, 2.24) is 19.5 Å². The number of hydrogen-bond donors (Lipinski definition) is 0. The van der Waals surface area contributed by atoms with Crippen molar-refractivity contribution in [3.05, 3.63) is 60.1 Å². The summed E-state index contributed by atoms with van der Waals surface area (Å²) >= 11 is 5.89. The SMILES string of the molecule is Clc1ccc(-n2c(-c3ccccn3)nc3cccnc32)o1. The largest absolute Gasteiger partial charge is 0.428 e. The third-order valence-corrected chi connectivity index (χ3v) is 3.29. The Morgan fingerprint density at radius 1 is 0.952 bits per heavy atom. The molecule has 4 aromatic rings. The van der Waals surface area contributed by atoms with Gasteiger partial charge in [-0.2, -0.15) is 0 Å². The van der Waals surface area contributed by atoms with Gasteiger partial charge in [-0.1, -0.05) is 6.07 Å². The van der Waals surface area contributed by atoms with E-state index in [0.717, 1.165) is 11.2 Å². The molecular weight excluding hydrogens is 288 g/mol. The summed E-state index contributed by atoms with van der Waals surface area (Å²) in [6, 6.07) is 12.9. The molecule has 4 rings (SSSR count). The van der Waals surface area contributed by atoms with Gasteiger partial charge in [-0.25, -0.2) is 14.5 Å². The van der Waals surface area contributed by atoms with Gasteiger partial charge in [0.2, 0.25) is 5.88 Å². The minimum absolute atomic E-state index is 0.315. The molecule has 6 heteroatoms. The first kappa shape index (κ1) is 12.1. The quantitative estimate of drug-likeness (QED) is 0.565. The number of rotatable bonds is 2. The van der Waals surface area contributed by atoms with Gasteiger partial charge >= 0.3 is 0 Å². The number of fused-ring (bicyclic) bond motifs is 1. The lowest BCUT2D eigenvalue weighted by Crippen LogP contribution is -1.98. The van der Waals surface area contributed by atoms with Crippen LogP contribution in [0, 0.1) is 0 Å². The zero-order valence-electron chi connectivity index (χ0n) is 10.8. The lowest BCUT2D eigenvalue weighted by atomic mass is 10.3. The van der Waals surface area contributed by atoms with E-state index < -0.39 is 0 Å². The molecule has 0 aliphatic heterocycles. The van der Waals surface area contributed by atoms with Crippen LogP contribution in [0.1, 0.15) is 0 Å². The van der Waals surface area contributed by atoms with Crippen molar-refractivity contribution in [2.45, 2.75) is 0 Å². The van der Waals surface area contributed by atoms with Gasteiger partial charge in [0.1, 0.15) is 11.2 Å². The van der Waals surface area contributed by atoms with Crippen molar-refractivity contribution in [3.8, 4) is 17.4 Å². The third-order valence-electron chi connectivity index (χ3n) is 3.09. The average Bonchev–Trinajstić information content (AvgIpc) is 3.11. The summed E-state index contributed by atoms with van der Waals surface area (Å²) in [7, 11) is 0. The second kappa shape index (κ2) is 4.71. The smallest absolute Gasteiger partial charge is 0.209 e. The van der Waals surface area contributed by atoms with Gasteiger partial charge in [0.05, 0.1) is 0 Å². The van der Waals surface area contributed by atoms with E-state index in [1.807, 2.05) is 34.9 Å². The molecule has 0 unspecified atom stereocenters. The van der Waals surface area contributed by atoms with Gasteiger partial charge in [-0.15, -0.1) is 0 Å². The number of nitrogens with zero attached hydrogens (tertiary/aromatic N) is 4. The molecule has 0 radical (unpaired) electrons. The average molecular weight is 297 g/mol. The Hall–Kier alpha value is -2.66. The first-order chi connectivity index (χ1) is 10.3. The van der Waals surface area contributed by atoms with Crippen molar-refractivity contribution in [1.29, 1.82) is 0 Å². The van der Waals surface area contributed by atoms with E-state index in [0.29, 0.717) is 22.6 Å². The molecule has 0 fully saturated rings. The molecular formula is C15H9ClN4O. The van der Waals surface area contributed by atoms with Crippen molar-refractivity contribution in [2.75, 3.05) is 0 Å². The van der Waals surface area contributed by atoms with E-state index in [9.17, 15) is 0 Å². The Morgan fingerprint density at radius 2 is 1.86 bits per heavy atom. The number of pyridine rings is 2. The van der Waals surface area contributed by atoms with Gasteiger partial charge in [-0.3, -0.25) is 4.98 Å². The van der Waals surface area contributed by atoms with Gasteiger partial charge < -0.3 is 4.42 Å². The number of furan rings is 1. The fourth-order valence-corrected chi connectivity index (χ4v) is 2.36. The molecule has 4 aromatic heterocycles. The zero-order chi connectivity index (χ0) is 14.2. The summed E-state index contributed by atoms with van der Waals surface area (Å²) in [5, 5.41) is 0.315. The van der Waals surface area contributed by atoms with Crippen LogP contribution in [0.2, 0.25) is 5.22 Å². The normalized spacial score (nSPS) is 11.1. The first-order valence-corrected chi connectivity index (χ1v) is 6.71. The number of hydrogen-bond acceptors (Lipinski definition) is 4. The third kappa shape index (κ3) is 1.98. The van der Waals surface area contributed by atoms with E-state index in [2.05, 4.69) is 15.0 Å². The molecule has 0 aromatic carbocycles. The van der Waals surface area contributed by atoms with Crippen LogP contribution in [0.25, 0.3) is 28.6 Å². The van der Waals surface area contributed by atoms with Crippen molar-refractivity contribution >= 4 is 22.8 Å². The van der Waals surface area contributed by atoms with Crippen LogP contribution < -0.4 is 0 Å². The molecule has 5 nitrogen and oxygen atoms in total. The van der Waals surface area contributed by atoms with Crippen molar-refractivity contribution in [3.63, 3.8) is 0 Å². The van der Waals surface area contributed by atoms with E-state index in [-0.39, 0.29) is 0 Å². The van der Waals surface area contributed by atoms with E-state index in [1.165, 1.54) is 0 Å². The summed E-state index contributed by atoms with van der Waals surface area (Å²) in [5.74, 6) is 1.22. The predicted molar refractivity (Wildman–Crippen MR) is 79.4 cm³/mol.